The van der Waals surface area contributed by atoms with Crippen LogP contribution in [0.15, 0.2) is 18.3 Å². The van der Waals surface area contributed by atoms with Crippen molar-refractivity contribution in [3.8, 4) is 0 Å². The molecule has 0 saturated carbocycles. The van der Waals surface area contributed by atoms with Gasteiger partial charge in [-0.05, 0) is 24.8 Å². The Morgan fingerprint density at radius 3 is 2.81 bits per heavy atom. The molecule has 0 unspecified atom stereocenters. The number of aromatic nitrogens is 1. The van der Waals surface area contributed by atoms with Crippen molar-refractivity contribution in [2.45, 2.75) is 31.5 Å². The highest BCUT2D eigenvalue weighted by atomic mass is 79.9. The fourth-order valence-electron chi connectivity index (χ4n) is 2.37. The van der Waals surface area contributed by atoms with Gasteiger partial charge in [0.25, 0.3) is 0 Å². The second kappa shape index (κ2) is 5.67. The molecule has 0 radical (unpaired) electrons. The Hall–Kier alpha value is -0.570. The Morgan fingerprint density at radius 2 is 2.19 bits per heavy atom. The maximum absolute atomic E-state index is 4.52. The Labute approximate surface area is 106 Å². The van der Waals surface area contributed by atoms with E-state index in [9.17, 15) is 0 Å². The number of anilines is 1. The maximum atomic E-state index is 4.52. The van der Waals surface area contributed by atoms with Crippen molar-refractivity contribution in [3.63, 3.8) is 0 Å². The minimum absolute atomic E-state index is 0.893. The fourth-order valence-corrected chi connectivity index (χ4v) is 2.81. The van der Waals surface area contributed by atoms with Crippen molar-refractivity contribution >= 4 is 21.7 Å². The van der Waals surface area contributed by atoms with Gasteiger partial charge in [-0.3, -0.25) is 0 Å². The van der Waals surface area contributed by atoms with Gasteiger partial charge in [0, 0.05) is 30.2 Å². The highest BCUT2D eigenvalue weighted by molar-refractivity contribution is 9.08. The number of piperidine rings is 1. The molecule has 2 nitrogen and oxygen atoms in total. The third-order valence-electron chi connectivity index (χ3n) is 3.50. The van der Waals surface area contributed by atoms with E-state index in [0.29, 0.717) is 0 Å². The van der Waals surface area contributed by atoms with Crippen LogP contribution in [0.1, 0.15) is 31.7 Å². The quantitative estimate of drug-likeness (QED) is 0.788. The number of hydrogen-bond donors (Lipinski definition) is 0. The summed E-state index contributed by atoms with van der Waals surface area (Å²) in [4.78, 5) is 6.95. The smallest absolute Gasteiger partial charge is 0.132 e. The molecule has 0 amide bonds. The third-order valence-corrected chi connectivity index (χ3v) is 4.11. The molecule has 1 aromatic rings. The van der Waals surface area contributed by atoms with Crippen LogP contribution in [-0.2, 0) is 5.33 Å². The molecule has 1 fully saturated rings. The molecular weight excluding hydrogens is 264 g/mol. The van der Waals surface area contributed by atoms with Crippen LogP contribution < -0.4 is 4.90 Å². The van der Waals surface area contributed by atoms with E-state index in [1.165, 1.54) is 30.6 Å². The summed E-state index contributed by atoms with van der Waals surface area (Å²) in [5, 5.41) is 0.893. The van der Waals surface area contributed by atoms with Gasteiger partial charge in [0.15, 0.2) is 0 Å². The van der Waals surface area contributed by atoms with E-state index in [2.05, 4.69) is 38.8 Å². The van der Waals surface area contributed by atoms with Crippen molar-refractivity contribution in [1.82, 2.24) is 4.98 Å². The van der Waals surface area contributed by atoms with Gasteiger partial charge in [0.05, 0.1) is 0 Å². The molecule has 0 spiro atoms. The highest BCUT2D eigenvalue weighted by Gasteiger charge is 2.20. The molecule has 1 aliphatic rings. The molecule has 0 aliphatic carbocycles. The van der Waals surface area contributed by atoms with Crippen molar-refractivity contribution in [1.29, 1.82) is 0 Å². The van der Waals surface area contributed by atoms with Crippen LogP contribution in [0, 0.1) is 5.92 Å². The first kappa shape index (κ1) is 11.9. The predicted octanol–water partition coefficient (Wildman–Crippen LogP) is 3.60. The van der Waals surface area contributed by atoms with Crippen molar-refractivity contribution in [3.05, 3.63) is 23.9 Å². The summed E-state index contributed by atoms with van der Waals surface area (Å²) in [6.07, 6.45) is 5.85. The summed E-state index contributed by atoms with van der Waals surface area (Å²) >= 11 is 3.53. The molecule has 1 saturated heterocycles. The summed E-state index contributed by atoms with van der Waals surface area (Å²) < 4.78 is 0. The lowest BCUT2D eigenvalue weighted by Crippen LogP contribution is -2.34. The Kier molecular flexibility index (Phi) is 4.22. The zero-order chi connectivity index (χ0) is 11.4. The molecule has 0 bridgehead atoms. The van der Waals surface area contributed by atoms with E-state index in [1.807, 2.05) is 12.3 Å². The number of halogens is 1. The van der Waals surface area contributed by atoms with Crippen LogP contribution in [0.2, 0.25) is 0 Å². The molecule has 2 heterocycles. The Bertz CT molecular complexity index is 332. The predicted molar refractivity (Wildman–Crippen MR) is 72.1 cm³/mol. The maximum Gasteiger partial charge on any atom is 0.132 e. The van der Waals surface area contributed by atoms with Crippen LogP contribution in [0.4, 0.5) is 5.82 Å². The van der Waals surface area contributed by atoms with Gasteiger partial charge in [-0.15, -0.1) is 0 Å². The second-order valence-electron chi connectivity index (χ2n) is 4.46. The molecule has 16 heavy (non-hydrogen) atoms. The summed E-state index contributed by atoms with van der Waals surface area (Å²) in [5.41, 5.74) is 1.30. The number of rotatable bonds is 3. The standard InChI is InChI=1S/C13H19BrN2/c1-2-11-5-8-16(9-6-11)13-12(10-14)4-3-7-15-13/h3-4,7,11H,2,5-6,8-10H2,1H3. The van der Waals surface area contributed by atoms with Crippen molar-refractivity contribution < 1.29 is 0 Å². The lowest BCUT2D eigenvalue weighted by Gasteiger charge is -2.33. The van der Waals surface area contributed by atoms with E-state index in [4.69, 9.17) is 0 Å². The van der Waals surface area contributed by atoms with E-state index < -0.39 is 0 Å². The molecule has 0 atom stereocenters. The van der Waals surface area contributed by atoms with Gasteiger partial charge in [-0.1, -0.05) is 35.3 Å². The molecule has 0 aromatic carbocycles. The molecule has 1 aromatic heterocycles. The van der Waals surface area contributed by atoms with Crippen LogP contribution >= 0.6 is 15.9 Å². The molecule has 1 aliphatic heterocycles. The van der Waals surface area contributed by atoms with Crippen LogP contribution in [-0.4, -0.2) is 18.1 Å². The number of hydrogen-bond acceptors (Lipinski definition) is 2. The lowest BCUT2D eigenvalue weighted by molar-refractivity contribution is 0.393. The minimum atomic E-state index is 0.893. The SMILES string of the molecule is CCC1CCN(c2ncccc2CBr)CC1. The first-order valence-corrected chi connectivity index (χ1v) is 7.22. The van der Waals surface area contributed by atoms with Crippen LogP contribution in [0.25, 0.3) is 0 Å². The van der Waals surface area contributed by atoms with Crippen LogP contribution in [0.3, 0.4) is 0 Å². The molecule has 3 heteroatoms. The topological polar surface area (TPSA) is 16.1 Å². The number of pyridine rings is 1. The average molecular weight is 283 g/mol. The van der Waals surface area contributed by atoms with Gasteiger partial charge in [0.2, 0.25) is 0 Å². The van der Waals surface area contributed by atoms with Gasteiger partial charge < -0.3 is 4.90 Å². The largest absolute Gasteiger partial charge is 0.356 e. The van der Waals surface area contributed by atoms with Gasteiger partial charge >= 0.3 is 0 Å². The van der Waals surface area contributed by atoms with Crippen LogP contribution in [0.5, 0.6) is 0 Å². The molecule has 2 rings (SSSR count). The zero-order valence-electron chi connectivity index (χ0n) is 9.82. The number of nitrogens with zero attached hydrogens (tertiary/aromatic N) is 2. The first-order chi connectivity index (χ1) is 7.85. The van der Waals surface area contributed by atoms with E-state index in [0.717, 1.165) is 24.3 Å². The molecule has 88 valence electrons. The molecule has 0 N–H and O–H groups in total. The van der Waals surface area contributed by atoms with Gasteiger partial charge in [-0.25, -0.2) is 4.98 Å². The van der Waals surface area contributed by atoms with Crippen molar-refractivity contribution in [2.24, 2.45) is 5.92 Å². The van der Waals surface area contributed by atoms with E-state index >= 15 is 0 Å². The normalized spacial score (nSPS) is 17.8. The summed E-state index contributed by atoms with van der Waals surface area (Å²) in [6.45, 7) is 4.62. The second-order valence-corrected chi connectivity index (χ2v) is 5.02. The molecular formula is C13H19BrN2. The summed E-state index contributed by atoms with van der Waals surface area (Å²) in [5.74, 6) is 2.10. The lowest BCUT2D eigenvalue weighted by atomic mass is 9.94. The third kappa shape index (κ3) is 2.57. The highest BCUT2D eigenvalue weighted by Crippen LogP contribution is 2.26. The Morgan fingerprint density at radius 1 is 1.44 bits per heavy atom. The Balaban J connectivity index is 2.07. The summed E-state index contributed by atoms with van der Waals surface area (Å²) in [7, 11) is 0. The zero-order valence-corrected chi connectivity index (χ0v) is 11.4. The van der Waals surface area contributed by atoms with Crippen molar-refractivity contribution in [2.75, 3.05) is 18.0 Å². The first-order valence-electron chi connectivity index (χ1n) is 6.10. The summed E-state index contributed by atoms with van der Waals surface area (Å²) in [6, 6.07) is 4.17. The average Bonchev–Trinajstić information content (AvgIpc) is 2.39. The van der Waals surface area contributed by atoms with Gasteiger partial charge in [-0.2, -0.15) is 0 Å². The minimum Gasteiger partial charge on any atom is -0.356 e. The van der Waals surface area contributed by atoms with Gasteiger partial charge in [0.1, 0.15) is 5.82 Å². The monoisotopic (exact) mass is 282 g/mol. The van der Waals surface area contributed by atoms with E-state index in [-0.39, 0.29) is 0 Å². The number of alkyl halides is 1. The van der Waals surface area contributed by atoms with E-state index in [1.54, 1.807) is 0 Å². The fraction of sp³-hybridized carbons (Fsp3) is 0.615.